The van der Waals surface area contributed by atoms with Crippen LogP contribution in [0.15, 0.2) is 28.7 Å². The molecule has 21 heavy (non-hydrogen) atoms. The Balaban J connectivity index is 2.13. The molecule has 114 valence electrons. The summed E-state index contributed by atoms with van der Waals surface area (Å²) in [4.78, 5) is 24.1. The lowest BCUT2D eigenvalue weighted by Gasteiger charge is -2.43. The van der Waals surface area contributed by atoms with E-state index < -0.39 is 17.5 Å². The molecule has 2 rings (SSSR count). The van der Waals surface area contributed by atoms with Crippen molar-refractivity contribution >= 4 is 27.9 Å². The van der Waals surface area contributed by atoms with Crippen LogP contribution in [0.2, 0.25) is 0 Å². The summed E-state index contributed by atoms with van der Waals surface area (Å²) in [7, 11) is 0. The molecular formula is C15H17BrO5. The van der Waals surface area contributed by atoms with Gasteiger partial charge in [-0.1, -0.05) is 28.1 Å². The number of rotatable bonds is 5. The highest BCUT2D eigenvalue weighted by Crippen LogP contribution is 2.45. The Hall–Kier alpha value is -1.40. The molecule has 1 fully saturated rings. The molecule has 0 amide bonds. The van der Waals surface area contributed by atoms with Gasteiger partial charge in [0.2, 0.25) is 0 Å². The second-order valence-electron chi connectivity index (χ2n) is 4.63. The first-order valence-electron chi connectivity index (χ1n) is 6.81. The van der Waals surface area contributed by atoms with E-state index in [0.29, 0.717) is 0 Å². The van der Waals surface area contributed by atoms with Gasteiger partial charge in [0.05, 0.1) is 19.3 Å². The zero-order valence-electron chi connectivity index (χ0n) is 11.9. The van der Waals surface area contributed by atoms with E-state index in [2.05, 4.69) is 15.9 Å². The number of esters is 2. The Morgan fingerprint density at radius 1 is 1.19 bits per heavy atom. The summed E-state index contributed by atoms with van der Waals surface area (Å²) in [6.07, 6.45) is -0.0846. The molecule has 1 atom stereocenters. The molecular weight excluding hydrogens is 340 g/mol. The van der Waals surface area contributed by atoms with Crippen molar-refractivity contribution in [1.29, 1.82) is 0 Å². The van der Waals surface area contributed by atoms with Crippen LogP contribution in [0.3, 0.4) is 0 Å². The first kappa shape index (κ1) is 16.0. The monoisotopic (exact) mass is 356 g/mol. The molecule has 0 N–H and O–H groups in total. The van der Waals surface area contributed by atoms with E-state index in [-0.39, 0.29) is 25.7 Å². The maximum atomic E-state index is 12.0. The standard InChI is InChI=1S/C15H17BrO5/c1-3-19-13(17)15(14(18)20-4-2)9-12(21-15)10-5-7-11(16)8-6-10/h5-8,12H,3-4,9H2,1-2H3. The van der Waals surface area contributed by atoms with Crippen LogP contribution in [0.4, 0.5) is 0 Å². The minimum atomic E-state index is -1.62. The van der Waals surface area contributed by atoms with Crippen molar-refractivity contribution in [1.82, 2.24) is 0 Å². The molecule has 0 aliphatic carbocycles. The van der Waals surface area contributed by atoms with Crippen LogP contribution >= 0.6 is 15.9 Å². The van der Waals surface area contributed by atoms with Gasteiger partial charge in [0.1, 0.15) is 0 Å². The fraction of sp³-hybridized carbons (Fsp3) is 0.467. The van der Waals surface area contributed by atoms with Gasteiger partial charge in [0, 0.05) is 10.9 Å². The molecule has 1 aromatic rings. The number of halogens is 1. The van der Waals surface area contributed by atoms with Crippen LogP contribution in [0.1, 0.15) is 31.9 Å². The smallest absolute Gasteiger partial charge is 0.350 e. The van der Waals surface area contributed by atoms with Gasteiger partial charge in [0.25, 0.3) is 5.60 Å². The molecule has 0 radical (unpaired) electrons. The third kappa shape index (κ3) is 3.11. The number of hydrogen-bond donors (Lipinski definition) is 0. The van der Waals surface area contributed by atoms with Crippen molar-refractivity contribution in [3.05, 3.63) is 34.3 Å². The van der Waals surface area contributed by atoms with Gasteiger partial charge in [-0.25, -0.2) is 9.59 Å². The average molecular weight is 357 g/mol. The molecule has 0 spiro atoms. The van der Waals surface area contributed by atoms with Gasteiger partial charge in [0.15, 0.2) is 0 Å². The molecule has 1 aliphatic rings. The third-order valence-corrected chi connectivity index (χ3v) is 3.80. The summed E-state index contributed by atoms with van der Waals surface area (Å²) >= 11 is 3.36. The quantitative estimate of drug-likeness (QED) is 0.599. The number of hydrogen-bond acceptors (Lipinski definition) is 5. The summed E-state index contributed by atoms with van der Waals surface area (Å²) in [6.45, 7) is 3.74. The van der Waals surface area contributed by atoms with E-state index in [0.717, 1.165) is 10.0 Å². The lowest BCUT2D eigenvalue weighted by atomic mass is 9.85. The predicted molar refractivity (Wildman–Crippen MR) is 78.6 cm³/mol. The molecule has 1 saturated heterocycles. The third-order valence-electron chi connectivity index (χ3n) is 3.27. The first-order chi connectivity index (χ1) is 10.0. The van der Waals surface area contributed by atoms with Crippen LogP contribution in [-0.4, -0.2) is 30.8 Å². The van der Waals surface area contributed by atoms with Gasteiger partial charge in [-0.05, 0) is 31.5 Å². The number of ether oxygens (including phenoxy) is 3. The maximum Gasteiger partial charge on any atom is 0.350 e. The Labute approximate surface area is 131 Å². The normalized spacial score (nSPS) is 19.5. The molecule has 6 heteroatoms. The van der Waals surface area contributed by atoms with Gasteiger partial charge in [-0.2, -0.15) is 0 Å². The maximum absolute atomic E-state index is 12.0. The van der Waals surface area contributed by atoms with Crippen molar-refractivity contribution in [3.63, 3.8) is 0 Å². The van der Waals surface area contributed by atoms with Crippen LogP contribution in [0.25, 0.3) is 0 Å². The SMILES string of the molecule is CCOC(=O)C1(C(=O)OCC)CC(c2ccc(Br)cc2)O1. The lowest BCUT2D eigenvalue weighted by molar-refractivity contribution is -0.238. The van der Waals surface area contributed by atoms with Crippen LogP contribution in [-0.2, 0) is 23.8 Å². The largest absolute Gasteiger partial charge is 0.463 e. The summed E-state index contributed by atoms with van der Waals surface area (Å²) < 4.78 is 16.5. The molecule has 0 bridgehead atoms. The fourth-order valence-electron chi connectivity index (χ4n) is 2.20. The summed E-state index contributed by atoms with van der Waals surface area (Å²) in [5.41, 5.74) is -0.716. The molecule has 0 saturated carbocycles. The highest BCUT2D eigenvalue weighted by Gasteiger charge is 2.60. The molecule has 0 aromatic heterocycles. The van der Waals surface area contributed by atoms with Crippen molar-refractivity contribution in [2.75, 3.05) is 13.2 Å². The Morgan fingerprint density at radius 2 is 1.67 bits per heavy atom. The van der Waals surface area contributed by atoms with Crippen molar-refractivity contribution in [2.45, 2.75) is 32.0 Å². The molecule has 1 unspecified atom stereocenters. The fourth-order valence-corrected chi connectivity index (χ4v) is 2.46. The summed E-state index contributed by atoms with van der Waals surface area (Å²) in [5, 5.41) is 0. The van der Waals surface area contributed by atoms with Crippen LogP contribution in [0, 0.1) is 0 Å². The first-order valence-corrected chi connectivity index (χ1v) is 7.60. The van der Waals surface area contributed by atoms with Gasteiger partial charge >= 0.3 is 11.9 Å². The van der Waals surface area contributed by atoms with Crippen LogP contribution < -0.4 is 0 Å². The Morgan fingerprint density at radius 3 is 2.10 bits per heavy atom. The topological polar surface area (TPSA) is 61.8 Å². The Bertz CT molecular complexity index is 499. The second kappa shape index (κ2) is 6.58. The lowest BCUT2D eigenvalue weighted by Crippen LogP contribution is -2.59. The highest BCUT2D eigenvalue weighted by molar-refractivity contribution is 9.10. The summed E-state index contributed by atoms with van der Waals surface area (Å²) in [6, 6.07) is 7.53. The minimum absolute atomic E-state index is 0.187. The van der Waals surface area contributed by atoms with E-state index in [1.807, 2.05) is 24.3 Å². The van der Waals surface area contributed by atoms with Gasteiger partial charge < -0.3 is 14.2 Å². The van der Waals surface area contributed by atoms with E-state index in [1.54, 1.807) is 13.8 Å². The molecule has 1 aromatic carbocycles. The van der Waals surface area contributed by atoms with Crippen molar-refractivity contribution < 1.29 is 23.8 Å². The van der Waals surface area contributed by atoms with E-state index in [4.69, 9.17) is 14.2 Å². The molecule has 5 nitrogen and oxygen atoms in total. The number of carbonyl (C=O) groups is 2. The van der Waals surface area contributed by atoms with E-state index in [1.165, 1.54) is 0 Å². The average Bonchev–Trinajstić information content (AvgIpc) is 2.40. The zero-order chi connectivity index (χ0) is 15.5. The summed E-state index contributed by atoms with van der Waals surface area (Å²) in [5.74, 6) is -1.37. The van der Waals surface area contributed by atoms with Gasteiger partial charge in [-0.3, -0.25) is 0 Å². The van der Waals surface area contributed by atoms with Crippen molar-refractivity contribution in [3.8, 4) is 0 Å². The molecule has 1 aliphatic heterocycles. The second-order valence-corrected chi connectivity index (χ2v) is 5.55. The Kier molecular flexibility index (Phi) is 5.00. The highest BCUT2D eigenvalue weighted by atomic mass is 79.9. The zero-order valence-corrected chi connectivity index (χ0v) is 13.5. The predicted octanol–water partition coefficient (Wildman–Crippen LogP) is 2.78. The number of benzene rings is 1. The van der Waals surface area contributed by atoms with Crippen molar-refractivity contribution in [2.24, 2.45) is 0 Å². The van der Waals surface area contributed by atoms with Gasteiger partial charge in [-0.15, -0.1) is 0 Å². The minimum Gasteiger partial charge on any atom is -0.463 e. The molecule has 1 heterocycles. The number of carbonyl (C=O) groups excluding carboxylic acids is 2. The van der Waals surface area contributed by atoms with E-state index in [9.17, 15) is 9.59 Å². The van der Waals surface area contributed by atoms with E-state index >= 15 is 0 Å². The van der Waals surface area contributed by atoms with Crippen LogP contribution in [0.5, 0.6) is 0 Å².